The minimum Gasteiger partial charge on any atom is -0.355 e. The number of carbonyl (C=O) groups excluding carboxylic acids is 2. The monoisotopic (exact) mass is 450 g/mol. The zero-order chi connectivity index (χ0) is 20.3. The van der Waals surface area contributed by atoms with E-state index in [1.807, 2.05) is 0 Å². The molecule has 3 rings (SSSR count). The number of nitrogens with one attached hydrogen (secondary N) is 3. The van der Waals surface area contributed by atoms with Gasteiger partial charge in [0.1, 0.15) is 5.82 Å². The Morgan fingerprint density at radius 2 is 1.93 bits per heavy atom. The molecular formula is C19H20BrFN4O3. The SMILES string of the molecule is CC(=O)NCCNC(=O)c1c(Nc2ccc(Br)cc2F)cc(=O)n2c1CCC2. The van der Waals surface area contributed by atoms with Crippen molar-refractivity contribution in [3.05, 3.63) is 56.2 Å². The maximum absolute atomic E-state index is 14.3. The second-order valence-corrected chi connectivity index (χ2v) is 7.38. The van der Waals surface area contributed by atoms with Gasteiger partial charge in [-0.15, -0.1) is 0 Å². The Morgan fingerprint density at radius 1 is 1.18 bits per heavy atom. The average molecular weight is 451 g/mol. The van der Waals surface area contributed by atoms with Crippen molar-refractivity contribution in [2.75, 3.05) is 18.4 Å². The van der Waals surface area contributed by atoms with Gasteiger partial charge in [-0.25, -0.2) is 4.39 Å². The van der Waals surface area contributed by atoms with E-state index in [-0.39, 0.29) is 35.3 Å². The summed E-state index contributed by atoms with van der Waals surface area (Å²) in [6.45, 7) is 2.48. The summed E-state index contributed by atoms with van der Waals surface area (Å²) in [6.07, 6.45) is 1.35. The molecule has 0 unspecified atom stereocenters. The van der Waals surface area contributed by atoms with Gasteiger partial charge in [-0.3, -0.25) is 14.4 Å². The number of aromatic nitrogens is 1. The van der Waals surface area contributed by atoms with Crippen LogP contribution in [-0.2, 0) is 17.8 Å². The predicted molar refractivity (Wildman–Crippen MR) is 107 cm³/mol. The normalized spacial score (nSPS) is 12.4. The van der Waals surface area contributed by atoms with Crippen LogP contribution in [0.3, 0.4) is 0 Å². The Bertz CT molecular complexity index is 990. The van der Waals surface area contributed by atoms with Gasteiger partial charge in [0.2, 0.25) is 5.91 Å². The Balaban J connectivity index is 1.93. The molecule has 148 valence electrons. The molecule has 0 radical (unpaired) electrons. The molecule has 28 heavy (non-hydrogen) atoms. The lowest BCUT2D eigenvalue weighted by Gasteiger charge is -2.17. The van der Waals surface area contributed by atoms with E-state index >= 15 is 0 Å². The lowest BCUT2D eigenvalue weighted by atomic mass is 10.1. The number of nitrogens with zero attached hydrogens (tertiary/aromatic N) is 1. The highest BCUT2D eigenvalue weighted by Crippen LogP contribution is 2.28. The van der Waals surface area contributed by atoms with Crippen LogP contribution in [-0.4, -0.2) is 29.5 Å². The van der Waals surface area contributed by atoms with Crippen LogP contribution >= 0.6 is 15.9 Å². The highest BCUT2D eigenvalue weighted by atomic mass is 79.9. The molecule has 7 nitrogen and oxygen atoms in total. The molecule has 1 aromatic carbocycles. The minimum atomic E-state index is -0.507. The van der Waals surface area contributed by atoms with E-state index in [9.17, 15) is 18.8 Å². The molecule has 3 N–H and O–H groups in total. The van der Waals surface area contributed by atoms with Crippen LogP contribution in [0.4, 0.5) is 15.8 Å². The van der Waals surface area contributed by atoms with E-state index in [1.54, 1.807) is 10.6 Å². The number of hydrogen-bond acceptors (Lipinski definition) is 4. The molecule has 1 aromatic heterocycles. The molecule has 0 saturated carbocycles. The Hall–Kier alpha value is -2.68. The largest absolute Gasteiger partial charge is 0.355 e. The lowest BCUT2D eigenvalue weighted by Crippen LogP contribution is -2.35. The van der Waals surface area contributed by atoms with Crippen LogP contribution in [0.1, 0.15) is 29.4 Å². The number of amides is 2. The molecule has 1 aliphatic heterocycles. The van der Waals surface area contributed by atoms with Crippen LogP contribution in [0.25, 0.3) is 0 Å². The third-order valence-corrected chi connectivity index (χ3v) is 4.92. The van der Waals surface area contributed by atoms with Gasteiger partial charge in [0, 0.05) is 42.8 Å². The van der Waals surface area contributed by atoms with E-state index in [1.165, 1.54) is 25.1 Å². The lowest BCUT2D eigenvalue weighted by molar-refractivity contribution is -0.118. The second kappa shape index (κ2) is 8.55. The molecule has 0 bridgehead atoms. The quantitative estimate of drug-likeness (QED) is 0.588. The number of fused-ring (bicyclic) bond motifs is 1. The summed E-state index contributed by atoms with van der Waals surface area (Å²) in [5.41, 5.74) is 1.14. The third kappa shape index (κ3) is 4.41. The molecule has 0 saturated heterocycles. The summed E-state index contributed by atoms with van der Waals surface area (Å²) in [6, 6.07) is 5.82. The third-order valence-electron chi connectivity index (χ3n) is 4.42. The van der Waals surface area contributed by atoms with Gasteiger partial charge in [-0.1, -0.05) is 15.9 Å². The zero-order valence-corrected chi connectivity index (χ0v) is 16.9. The minimum absolute atomic E-state index is 0.165. The highest BCUT2D eigenvalue weighted by Gasteiger charge is 2.25. The number of pyridine rings is 1. The van der Waals surface area contributed by atoms with Gasteiger partial charge in [-0.2, -0.15) is 0 Å². The van der Waals surface area contributed by atoms with Crippen LogP contribution < -0.4 is 21.5 Å². The van der Waals surface area contributed by atoms with Gasteiger partial charge in [-0.05, 0) is 31.0 Å². The fourth-order valence-electron chi connectivity index (χ4n) is 3.20. The van der Waals surface area contributed by atoms with Crippen molar-refractivity contribution < 1.29 is 14.0 Å². The molecule has 2 amide bonds. The van der Waals surface area contributed by atoms with Gasteiger partial charge in [0.05, 0.1) is 16.9 Å². The van der Waals surface area contributed by atoms with E-state index in [4.69, 9.17) is 0 Å². The maximum Gasteiger partial charge on any atom is 0.255 e. The highest BCUT2D eigenvalue weighted by molar-refractivity contribution is 9.10. The van der Waals surface area contributed by atoms with Crippen LogP contribution in [0.2, 0.25) is 0 Å². The van der Waals surface area contributed by atoms with Crippen molar-refractivity contribution >= 4 is 39.1 Å². The topological polar surface area (TPSA) is 92.2 Å². The van der Waals surface area contributed by atoms with Crippen molar-refractivity contribution in [3.63, 3.8) is 0 Å². The fraction of sp³-hybridized carbons (Fsp3) is 0.316. The number of anilines is 2. The average Bonchev–Trinajstić information content (AvgIpc) is 3.11. The number of benzene rings is 1. The van der Waals surface area contributed by atoms with Crippen LogP contribution in [0.5, 0.6) is 0 Å². The first-order valence-electron chi connectivity index (χ1n) is 8.88. The van der Waals surface area contributed by atoms with E-state index in [0.29, 0.717) is 35.2 Å². The predicted octanol–water partition coefficient (Wildman–Crippen LogP) is 2.31. The Morgan fingerprint density at radius 3 is 2.64 bits per heavy atom. The smallest absolute Gasteiger partial charge is 0.255 e. The number of rotatable bonds is 6. The van der Waals surface area contributed by atoms with Crippen molar-refractivity contribution in [3.8, 4) is 0 Å². The van der Waals surface area contributed by atoms with E-state index in [2.05, 4.69) is 31.9 Å². The summed E-state index contributed by atoms with van der Waals surface area (Å²) in [7, 11) is 0. The van der Waals surface area contributed by atoms with Crippen LogP contribution in [0, 0.1) is 5.82 Å². The number of hydrogen-bond donors (Lipinski definition) is 3. The Labute approximate surface area is 169 Å². The Kier molecular flexibility index (Phi) is 6.13. The molecular weight excluding hydrogens is 431 g/mol. The molecule has 1 aliphatic rings. The van der Waals surface area contributed by atoms with Gasteiger partial charge < -0.3 is 20.5 Å². The van der Waals surface area contributed by atoms with E-state index < -0.39 is 5.82 Å². The first kappa shape index (κ1) is 20.1. The van der Waals surface area contributed by atoms with Crippen molar-refractivity contribution in [1.29, 1.82) is 0 Å². The van der Waals surface area contributed by atoms with Crippen molar-refractivity contribution in [2.24, 2.45) is 0 Å². The first-order chi connectivity index (χ1) is 13.4. The molecule has 9 heteroatoms. The fourth-order valence-corrected chi connectivity index (χ4v) is 3.53. The standard InChI is InChI=1S/C19H20BrFN4O3/c1-11(26)22-6-7-23-19(28)18-15(10-17(27)25-8-2-3-16(18)25)24-14-5-4-12(20)9-13(14)21/h4-5,9-10,24H,2-3,6-8H2,1H3,(H,22,26)(H,23,28). The zero-order valence-electron chi connectivity index (χ0n) is 15.3. The molecule has 2 heterocycles. The number of carbonyl (C=O) groups is 2. The van der Waals surface area contributed by atoms with Crippen molar-refractivity contribution in [1.82, 2.24) is 15.2 Å². The molecule has 0 fully saturated rings. The number of halogens is 2. The molecule has 0 aliphatic carbocycles. The summed E-state index contributed by atoms with van der Waals surface area (Å²) >= 11 is 3.20. The molecule has 0 spiro atoms. The summed E-state index contributed by atoms with van der Waals surface area (Å²) < 4.78 is 16.4. The second-order valence-electron chi connectivity index (χ2n) is 6.46. The first-order valence-corrected chi connectivity index (χ1v) is 9.67. The molecule has 0 atom stereocenters. The summed E-state index contributed by atoms with van der Waals surface area (Å²) in [4.78, 5) is 36.2. The van der Waals surface area contributed by atoms with E-state index in [0.717, 1.165) is 6.42 Å². The molecule has 2 aromatic rings. The van der Waals surface area contributed by atoms with Crippen LogP contribution in [0.15, 0.2) is 33.5 Å². The summed E-state index contributed by atoms with van der Waals surface area (Å²) in [5, 5.41) is 8.23. The van der Waals surface area contributed by atoms with Gasteiger partial charge in [0.15, 0.2) is 0 Å². The summed E-state index contributed by atoms with van der Waals surface area (Å²) in [5.74, 6) is -1.07. The van der Waals surface area contributed by atoms with Crippen molar-refractivity contribution in [2.45, 2.75) is 26.3 Å². The van der Waals surface area contributed by atoms with Gasteiger partial charge in [0.25, 0.3) is 11.5 Å². The maximum atomic E-state index is 14.3. The van der Waals surface area contributed by atoms with Gasteiger partial charge >= 0.3 is 0 Å².